The van der Waals surface area contributed by atoms with Gasteiger partial charge < -0.3 is 9.13 Å². The van der Waals surface area contributed by atoms with Crippen molar-refractivity contribution in [3.8, 4) is 22.5 Å². The first-order valence-electron chi connectivity index (χ1n) is 22.5. The van der Waals surface area contributed by atoms with E-state index >= 15 is 0 Å². The van der Waals surface area contributed by atoms with Crippen LogP contribution in [-0.2, 0) is 0 Å². The molecule has 7 aromatic carbocycles. The summed E-state index contributed by atoms with van der Waals surface area (Å²) < 4.78 is 157. The minimum absolute atomic E-state index is 0.0750. The Bertz CT molecular complexity index is 3710. The maximum Gasteiger partial charge on any atom is 0.0645 e. The Labute approximate surface area is 287 Å². The largest absolute Gasteiger partial charge is 0.309 e. The molecule has 45 heavy (non-hydrogen) atoms. The second kappa shape index (κ2) is 9.43. The fourth-order valence-electron chi connectivity index (χ4n) is 6.05. The Morgan fingerprint density at radius 1 is 0.422 bits per heavy atom. The Morgan fingerprint density at radius 3 is 1.69 bits per heavy atom. The molecule has 3 heteroatoms. The van der Waals surface area contributed by atoms with Crippen LogP contribution < -0.4 is 0 Å². The van der Waals surface area contributed by atoms with Crippen LogP contribution in [0.5, 0.6) is 0 Å². The molecule has 0 saturated carbocycles. The van der Waals surface area contributed by atoms with Crippen LogP contribution in [0, 0.1) is 0 Å². The highest BCUT2D eigenvalue weighted by Gasteiger charge is 2.16. The Kier molecular flexibility index (Phi) is 2.84. The van der Waals surface area contributed by atoms with Gasteiger partial charge in [0.15, 0.2) is 0 Å². The molecule has 0 radical (unpaired) electrons. The van der Waals surface area contributed by atoms with Crippen molar-refractivity contribution in [1.82, 2.24) is 9.13 Å². The van der Waals surface area contributed by atoms with Crippen molar-refractivity contribution in [2.45, 2.75) is 0 Å². The third-order valence-electron chi connectivity index (χ3n) is 7.99. The third-order valence-corrected chi connectivity index (χ3v) is 9.13. The van der Waals surface area contributed by atoms with Crippen molar-refractivity contribution < 1.29 is 23.3 Å². The van der Waals surface area contributed by atoms with Crippen LogP contribution in [0.25, 0.3) is 86.3 Å². The van der Waals surface area contributed by atoms with E-state index in [0.29, 0.717) is 5.69 Å². The lowest BCUT2D eigenvalue weighted by Gasteiger charge is -2.09. The molecule has 0 aliphatic rings. The summed E-state index contributed by atoms with van der Waals surface area (Å²) in [7, 11) is 0. The monoisotopic (exact) mass is 607 g/mol. The van der Waals surface area contributed by atoms with Crippen LogP contribution in [0.3, 0.4) is 0 Å². The molecule has 0 fully saturated rings. The molecule has 2 nitrogen and oxygen atoms in total. The fraction of sp³-hybridized carbons (Fsp3) is 0. The summed E-state index contributed by atoms with van der Waals surface area (Å²) in [6, 6.07) is 5.60. The van der Waals surface area contributed by atoms with Gasteiger partial charge in [0.05, 0.1) is 45.4 Å². The number of nitrogens with zero attached hydrogens (tertiary/aromatic N) is 2. The molecule has 3 heterocycles. The number of benzene rings is 7. The minimum Gasteiger partial charge on any atom is -0.309 e. The topological polar surface area (TPSA) is 9.86 Å². The highest BCUT2D eigenvalue weighted by molar-refractivity contribution is 7.25. The van der Waals surface area contributed by atoms with E-state index in [1.54, 1.807) is 6.07 Å². The lowest BCUT2D eigenvalue weighted by atomic mass is 10.0. The zero-order chi connectivity index (χ0) is 44.3. The summed E-state index contributed by atoms with van der Waals surface area (Å²) in [5, 5.41) is 0.987. The van der Waals surface area contributed by atoms with E-state index in [0.717, 1.165) is 36.9 Å². The lowest BCUT2D eigenvalue weighted by molar-refractivity contribution is 1.18. The molecule has 3 aromatic heterocycles. The lowest BCUT2D eigenvalue weighted by Crippen LogP contribution is -1.93. The van der Waals surface area contributed by atoms with Gasteiger partial charge >= 0.3 is 0 Å². The summed E-state index contributed by atoms with van der Waals surface area (Å²) in [5.74, 6) is 0. The van der Waals surface area contributed by atoms with Gasteiger partial charge in [-0.1, -0.05) is 90.8 Å². The van der Waals surface area contributed by atoms with E-state index in [-0.39, 0.29) is 55.3 Å². The van der Waals surface area contributed by atoms with Gasteiger partial charge in [-0.3, -0.25) is 0 Å². The number of thiophene rings is 1. The molecule has 0 saturated heterocycles. The van der Waals surface area contributed by atoms with Crippen molar-refractivity contribution in [3.05, 3.63) is 157 Å². The molecular weight excluding hydrogens is 565 g/mol. The molecule has 0 atom stereocenters. The maximum atomic E-state index is 9.77. The molecule has 210 valence electrons. The van der Waals surface area contributed by atoms with Gasteiger partial charge in [0, 0.05) is 53.1 Å². The van der Waals surface area contributed by atoms with Gasteiger partial charge in [-0.25, -0.2) is 0 Å². The third kappa shape index (κ3) is 3.62. The van der Waals surface area contributed by atoms with E-state index in [9.17, 15) is 8.22 Å². The standard InChI is InChI=1S/C42H26N2S/c1-2-10-29(11-3-1)43-37-15-7-4-12-31(37)35-24-27(18-22-39(35)43)28-19-23-40-36(25-28)32-13-5-8-16-38(32)44(40)30-20-21-34-33-14-6-9-17-41(33)45-42(34)26-30/h1-26H/i1D,4D,5D,7D,8D,10D,11D,12D,13D,15D,16D,18D,19D,22D,23D,24D,25D. The van der Waals surface area contributed by atoms with Crippen molar-refractivity contribution >= 4 is 75.1 Å². The number of hydrogen-bond acceptors (Lipinski definition) is 1. The minimum atomic E-state index is -0.751. The molecule has 0 unspecified atom stereocenters. The first-order chi connectivity index (χ1) is 29.4. The molecule has 0 bridgehead atoms. The van der Waals surface area contributed by atoms with Crippen molar-refractivity contribution in [2.75, 3.05) is 0 Å². The van der Waals surface area contributed by atoms with E-state index < -0.39 is 108 Å². The summed E-state index contributed by atoms with van der Waals surface area (Å²) in [6.45, 7) is 0. The van der Waals surface area contributed by atoms with Crippen LogP contribution in [0.2, 0.25) is 0 Å². The van der Waals surface area contributed by atoms with Gasteiger partial charge in [0.25, 0.3) is 0 Å². The van der Waals surface area contributed by atoms with Crippen LogP contribution in [-0.4, -0.2) is 9.13 Å². The Hall–Kier alpha value is -5.64. The van der Waals surface area contributed by atoms with Crippen LogP contribution >= 0.6 is 11.3 Å². The smallest absolute Gasteiger partial charge is 0.0645 e. The van der Waals surface area contributed by atoms with Crippen LogP contribution in [0.15, 0.2) is 157 Å². The zero-order valence-corrected chi connectivity index (χ0v) is 23.8. The highest BCUT2D eigenvalue weighted by atomic mass is 32.1. The van der Waals surface area contributed by atoms with E-state index in [4.69, 9.17) is 15.1 Å². The summed E-state index contributed by atoms with van der Waals surface area (Å²) in [5.41, 5.74) is -1.74. The molecule has 0 amide bonds. The highest BCUT2D eigenvalue weighted by Crippen LogP contribution is 2.40. The normalized spacial score (nSPS) is 17.3. The quantitative estimate of drug-likeness (QED) is 0.189. The molecule has 0 aliphatic carbocycles. The van der Waals surface area contributed by atoms with E-state index in [1.807, 2.05) is 36.4 Å². The maximum absolute atomic E-state index is 9.77. The van der Waals surface area contributed by atoms with E-state index in [1.165, 1.54) is 15.9 Å². The number of aromatic nitrogens is 2. The molecular formula is C42H26N2S. The van der Waals surface area contributed by atoms with Crippen LogP contribution in [0.4, 0.5) is 0 Å². The van der Waals surface area contributed by atoms with Gasteiger partial charge in [-0.2, -0.15) is 0 Å². The summed E-state index contributed by atoms with van der Waals surface area (Å²) in [6.07, 6.45) is 0. The molecule has 10 rings (SSSR count). The Balaban J connectivity index is 1.38. The van der Waals surface area contributed by atoms with Crippen molar-refractivity contribution in [2.24, 2.45) is 0 Å². The fourth-order valence-corrected chi connectivity index (χ4v) is 7.19. The average molecular weight is 608 g/mol. The van der Waals surface area contributed by atoms with Crippen molar-refractivity contribution in [3.63, 3.8) is 0 Å². The number of rotatable bonds is 3. The number of fused-ring (bicyclic) bond motifs is 9. The summed E-state index contributed by atoms with van der Waals surface area (Å²) in [4.78, 5) is 0. The zero-order valence-electron chi connectivity index (χ0n) is 40.0. The summed E-state index contributed by atoms with van der Waals surface area (Å²) >= 11 is 1.50. The molecule has 0 N–H and O–H groups in total. The first kappa shape index (κ1) is 13.6. The SMILES string of the molecule is [2H]c1cc([2H])c(-n2c3c([2H])c([2H])c([2H])c([2H])c3c3c([2H])c(-c4c([2H])c([2H])c5c(c4[2H])c4c([2H])c([2H])c([2H])c([2H])c4n5-c4ccc5c(c4)sc4ccccc45)c([2H])c([2H])c32)c([2H])c1. The molecule has 0 aliphatic heterocycles. The number of hydrogen-bond donors (Lipinski definition) is 0. The first-order valence-corrected chi connectivity index (χ1v) is 14.8. The van der Waals surface area contributed by atoms with Gasteiger partial charge in [0.2, 0.25) is 0 Å². The predicted molar refractivity (Wildman–Crippen MR) is 193 cm³/mol. The van der Waals surface area contributed by atoms with Crippen molar-refractivity contribution in [1.29, 1.82) is 0 Å². The van der Waals surface area contributed by atoms with Gasteiger partial charge in [-0.15, -0.1) is 11.3 Å². The molecule has 10 aromatic rings. The second-order valence-corrected chi connectivity index (χ2v) is 11.5. The average Bonchev–Trinajstić information content (AvgIpc) is 3.91. The van der Waals surface area contributed by atoms with Crippen LogP contribution in [0.1, 0.15) is 23.3 Å². The predicted octanol–water partition coefficient (Wildman–Crippen LogP) is 11.9. The Morgan fingerprint density at radius 2 is 1.00 bits per heavy atom. The van der Waals surface area contributed by atoms with Gasteiger partial charge in [-0.05, 0) is 77.7 Å². The molecule has 0 spiro atoms. The second-order valence-electron chi connectivity index (χ2n) is 10.4. The van der Waals surface area contributed by atoms with E-state index in [2.05, 4.69) is 0 Å². The van der Waals surface area contributed by atoms with Gasteiger partial charge in [0.1, 0.15) is 0 Å². The number of para-hydroxylation sites is 3.